The summed E-state index contributed by atoms with van der Waals surface area (Å²) in [4.78, 5) is 37.3. The molecule has 0 aliphatic carbocycles. The zero-order valence-electron chi connectivity index (χ0n) is 16.4. The Labute approximate surface area is 159 Å². The van der Waals surface area contributed by atoms with E-state index in [-0.39, 0.29) is 17.9 Å². The first-order valence-corrected chi connectivity index (χ1v) is 9.72. The highest BCUT2D eigenvalue weighted by atomic mass is 16.5. The number of amides is 2. The maximum Gasteiger partial charge on any atom is 0.230 e. The molecule has 0 radical (unpaired) electrons. The number of fused-ring (bicyclic) bond motifs is 1. The predicted octanol–water partition coefficient (Wildman–Crippen LogP) is 1.50. The molecule has 1 spiro atoms. The number of imidazole rings is 1. The Bertz CT molecular complexity index is 786. The summed E-state index contributed by atoms with van der Waals surface area (Å²) in [6.45, 7) is 7.91. The summed E-state index contributed by atoms with van der Waals surface area (Å²) >= 11 is 0. The van der Waals surface area contributed by atoms with Gasteiger partial charge in [0.1, 0.15) is 11.4 Å². The van der Waals surface area contributed by atoms with E-state index in [0.29, 0.717) is 19.0 Å². The predicted molar refractivity (Wildman–Crippen MR) is 99.6 cm³/mol. The molecule has 2 bridgehead atoms. The van der Waals surface area contributed by atoms with Gasteiger partial charge < -0.3 is 19.5 Å². The maximum atomic E-state index is 13.2. The number of nitrogens with zero attached hydrogens (tertiary/aromatic N) is 3. The average molecular weight is 372 g/mol. The van der Waals surface area contributed by atoms with E-state index in [1.54, 1.807) is 18.1 Å². The third-order valence-corrected chi connectivity index (χ3v) is 5.96. The molecule has 4 rings (SSSR count). The van der Waals surface area contributed by atoms with Crippen molar-refractivity contribution in [2.45, 2.75) is 45.4 Å². The Morgan fingerprint density at radius 1 is 1.52 bits per heavy atom. The van der Waals surface area contributed by atoms with Crippen LogP contribution in [0.3, 0.4) is 0 Å². The van der Waals surface area contributed by atoms with Crippen molar-refractivity contribution < 1.29 is 14.3 Å². The summed E-state index contributed by atoms with van der Waals surface area (Å²) in [5, 5.41) is 0. The van der Waals surface area contributed by atoms with Crippen molar-refractivity contribution in [3.05, 3.63) is 29.9 Å². The molecular weight excluding hydrogens is 344 g/mol. The molecule has 4 heterocycles. The van der Waals surface area contributed by atoms with Crippen LogP contribution in [0, 0.1) is 24.7 Å². The van der Waals surface area contributed by atoms with Crippen LogP contribution in [0.5, 0.6) is 0 Å². The molecule has 2 amide bonds. The Hall–Kier alpha value is -2.15. The van der Waals surface area contributed by atoms with Gasteiger partial charge >= 0.3 is 0 Å². The van der Waals surface area contributed by atoms with Gasteiger partial charge in [0.2, 0.25) is 11.8 Å². The topological polar surface area (TPSA) is 78.5 Å². The van der Waals surface area contributed by atoms with Crippen molar-refractivity contribution >= 4 is 11.8 Å². The van der Waals surface area contributed by atoms with Gasteiger partial charge in [0.15, 0.2) is 0 Å². The lowest BCUT2D eigenvalue weighted by molar-refractivity contribution is -0.142. The number of hydrogen-bond acceptors (Lipinski definition) is 4. The van der Waals surface area contributed by atoms with Crippen molar-refractivity contribution in [2.75, 3.05) is 20.1 Å². The smallest absolute Gasteiger partial charge is 0.230 e. The van der Waals surface area contributed by atoms with Crippen LogP contribution in [-0.4, -0.2) is 63.4 Å². The Morgan fingerprint density at radius 3 is 2.96 bits per heavy atom. The van der Waals surface area contributed by atoms with E-state index in [1.165, 1.54) is 0 Å². The van der Waals surface area contributed by atoms with E-state index in [4.69, 9.17) is 4.74 Å². The molecule has 4 atom stereocenters. The van der Waals surface area contributed by atoms with Crippen LogP contribution in [0.4, 0.5) is 0 Å². The lowest BCUT2D eigenvalue weighted by atomic mass is 9.76. The molecule has 7 nitrogen and oxygen atoms in total. The van der Waals surface area contributed by atoms with E-state index in [2.05, 4.69) is 23.8 Å². The number of aromatic amines is 1. The second kappa shape index (κ2) is 6.48. The summed E-state index contributed by atoms with van der Waals surface area (Å²) in [7, 11) is 1.76. The molecule has 7 heteroatoms. The van der Waals surface area contributed by atoms with Crippen molar-refractivity contribution in [1.82, 2.24) is 19.8 Å². The minimum atomic E-state index is -0.624. The van der Waals surface area contributed by atoms with Gasteiger partial charge in [-0.1, -0.05) is 26.0 Å². The highest BCUT2D eigenvalue weighted by Gasteiger charge is 2.66. The number of carbonyl (C=O) groups excluding carboxylic acids is 2. The van der Waals surface area contributed by atoms with Crippen LogP contribution in [0.2, 0.25) is 0 Å². The second-order valence-corrected chi connectivity index (χ2v) is 8.55. The van der Waals surface area contributed by atoms with Gasteiger partial charge in [-0.2, -0.15) is 0 Å². The third-order valence-electron chi connectivity index (χ3n) is 5.96. The molecule has 2 saturated heterocycles. The maximum absolute atomic E-state index is 13.2. The summed E-state index contributed by atoms with van der Waals surface area (Å²) in [6, 6.07) is 0. The number of nitrogens with one attached hydrogen (secondary N) is 1. The fourth-order valence-electron chi connectivity index (χ4n) is 4.57. The molecule has 3 aliphatic rings. The fourth-order valence-corrected chi connectivity index (χ4v) is 4.57. The normalized spacial score (nSPS) is 31.2. The Morgan fingerprint density at radius 2 is 2.30 bits per heavy atom. The van der Waals surface area contributed by atoms with Crippen molar-refractivity contribution in [2.24, 2.45) is 17.8 Å². The molecule has 0 saturated carbocycles. The quantitative estimate of drug-likeness (QED) is 0.768. The van der Waals surface area contributed by atoms with Crippen molar-refractivity contribution in [3.8, 4) is 0 Å². The monoisotopic (exact) mass is 372 g/mol. The zero-order chi connectivity index (χ0) is 19.3. The minimum absolute atomic E-state index is 0.0515. The standard InChI is InChI=1S/C20H28N4O3/c1-12(2)6-8-24-11-20-7-5-14(27-20)16(17(20)19(24)26)18(25)23(4)10-15-21-9-13(3)22-15/h5,7,9,12,14,16-17H,6,8,10-11H2,1-4H3,(H,21,22)/t14-,16?,17?,20-/m0/s1. The molecular formula is C20H28N4O3. The molecule has 2 unspecified atom stereocenters. The summed E-state index contributed by atoms with van der Waals surface area (Å²) < 4.78 is 6.18. The first-order valence-electron chi connectivity index (χ1n) is 9.72. The molecule has 146 valence electrons. The van der Waals surface area contributed by atoms with Gasteiger partial charge in [-0.3, -0.25) is 9.59 Å². The molecule has 3 aliphatic heterocycles. The molecule has 1 aromatic heterocycles. The van der Waals surface area contributed by atoms with Crippen LogP contribution >= 0.6 is 0 Å². The Balaban J connectivity index is 1.51. The minimum Gasteiger partial charge on any atom is -0.360 e. The van der Waals surface area contributed by atoms with Crippen molar-refractivity contribution in [1.29, 1.82) is 0 Å². The largest absolute Gasteiger partial charge is 0.360 e. The highest BCUT2D eigenvalue weighted by Crippen LogP contribution is 2.52. The lowest BCUT2D eigenvalue weighted by Gasteiger charge is -2.27. The molecule has 1 aromatic rings. The van der Waals surface area contributed by atoms with E-state index in [0.717, 1.165) is 24.5 Å². The van der Waals surface area contributed by atoms with Crippen LogP contribution in [0.1, 0.15) is 31.8 Å². The van der Waals surface area contributed by atoms with Gasteiger partial charge in [-0.15, -0.1) is 0 Å². The lowest BCUT2D eigenvalue weighted by Crippen LogP contribution is -2.44. The van der Waals surface area contributed by atoms with Gasteiger partial charge in [0, 0.05) is 25.5 Å². The number of aryl methyl sites for hydroxylation is 1. The first kappa shape index (κ1) is 18.2. The van der Waals surface area contributed by atoms with E-state index in [9.17, 15) is 9.59 Å². The van der Waals surface area contributed by atoms with Crippen LogP contribution in [0.25, 0.3) is 0 Å². The van der Waals surface area contributed by atoms with E-state index in [1.807, 2.05) is 24.0 Å². The Kier molecular flexibility index (Phi) is 4.37. The fraction of sp³-hybridized carbons (Fsp3) is 0.650. The van der Waals surface area contributed by atoms with Crippen LogP contribution in [-0.2, 0) is 20.9 Å². The number of carbonyl (C=O) groups is 2. The third kappa shape index (κ3) is 2.98. The van der Waals surface area contributed by atoms with Gasteiger partial charge in [0.05, 0.1) is 31.0 Å². The average Bonchev–Trinajstić information content (AvgIpc) is 3.34. The van der Waals surface area contributed by atoms with E-state index >= 15 is 0 Å². The zero-order valence-corrected chi connectivity index (χ0v) is 16.4. The number of likely N-dealkylation sites (tertiary alicyclic amines) is 1. The second-order valence-electron chi connectivity index (χ2n) is 8.55. The number of aromatic nitrogens is 2. The number of H-pyrrole nitrogens is 1. The molecule has 0 aromatic carbocycles. The molecule has 1 N–H and O–H groups in total. The summed E-state index contributed by atoms with van der Waals surface area (Å²) in [5.41, 5.74) is 0.337. The van der Waals surface area contributed by atoms with Gasteiger partial charge in [-0.25, -0.2) is 4.98 Å². The molecule has 2 fully saturated rings. The van der Waals surface area contributed by atoms with Gasteiger partial charge in [0.25, 0.3) is 0 Å². The van der Waals surface area contributed by atoms with Crippen LogP contribution < -0.4 is 0 Å². The highest BCUT2D eigenvalue weighted by molar-refractivity contribution is 5.92. The first-order chi connectivity index (χ1) is 12.8. The van der Waals surface area contributed by atoms with Gasteiger partial charge in [-0.05, 0) is 19.3 Å². The number of ether oxygens (including phenoxy) is 1. The van der Waals surface area contributed by atoms with E-state index < -0.39 is 17.4 Å². The summed E-state index contributed by atoms with van der Waals surface area (Å²) in [5.74, 6) is 0.422. The van der Waals surface area contributed by atoms with Crippen molar-refractivity contribution in [3.63, 3.8) is 0 Å². The van der Waals surface area contributed by atoms with Crippen LogP contribution in [0.15, 0.2) is 18.3 Å². The number of hydrogen-bond donors (Lipinski definition) is 1. The summed E-state index contributed by atoms with van der Waals surface area (Å²) in [6.07, 6.45) is 6.37. The SMILES string of the molecule is Cc1cnc(CN(C)C(=O)C2C3C(=O)N(CCC(C)C)C[C@@]34C=C[C@@H]2O4)[nH]1. The number of rotatable bonds is 6. The molecule has 27 heavy (non-hydrogen) atoms.